The lowest BCUT2D eigenvalue weighted by molar-refractivity contribution is 0.0155. The van der Waals surface area contributed by atoms with Crippen LogP contribution in [0.3, 0.4) is 0 Å². The van der Waals surface area contributed by atoms with E-state index in [0.29, 0.717) is 35.7 Å². The average molecular weight is 570 g/mol. The van der Waals surface area contributed by atoms with Gasteiger partial charge in [-0.3, -0.25) is 4.57 Å². The Labute approximate surface area is 237 Å². The number of nitrogens with zero attached hydrogens (tertiary/aromatic N) is 1. The maximum absolute atomic E-state index is 14.9. The third-order valence-electron chi connectivity index (χ3n) is 7.36. The van der Waals surface area contributed by atoms with Crippen molar-refractivity contribution in [3.05, 3.63) is 77.2 Å². The number of pyridine rings is 1. The summed E-state index contributed by atoms with van der Waals surface area (Å²) in [6.07, 6.45) is 4.16. The molecule has 4 rings (SSSR count). The zero-order chi connectivity index (χ0) is 29.1. The molecule has 1 heterocycles. The number of phenolic OH excluding ortho intramolecular Hbond substituents is 1. The van der Waals surface area contributed by atoms with Gasteiger partial charge in [-0.2, -0.15) is 0 Å². The van der Waals surface area contributed by atoms with E-state index in [1.54, 1.807) is 20.0 Å². The Balaban J connectivity index is 1.61. The Bertz CT molecular complexity index is 1370. The Morgan fingerprint density at radius 2 is 1.85 bits per heavy atom. The maximum atomic E-state index is 14.9. The van der Waals surface area contributed by atoms with Gasteiger partial charge in [0.2, 0.25) is 13.2 Å². The van der Waals surface area contributed by atoms with Crippen molar-refractivity contribution in [1.29, 1.82) is 0 Å². The second kappa shape index (κ2) is 12.4. The fraction of sp³-hybridized carbons (Fsp3) is 0.469. The van der Waals surface area contributed by atoms with Crippen molar-refractivity contribution in [2.75, 3.05) is 26.5 Å². The van der Waals surface area contributed by atoms with Gasteiger partial charge in [0.15, 0.2) is 0 Å². The first-order chi connectivity index (χ1) is 18.9. The number of aromatic hydroxyl groups is 1. The highest BCUT2D eigenvalue weighted by molar-refractivity contribution is 7.58. The van der Waals surface area contributed by atoms with Crippen LogP contribution in [0.2, 0.25) is 0 Å². The van der Waals surface area contributed by atoms with Gasteiger partial charge in [0.25, 0.3) is 0 Å². The van der Waals surface area contributed by atoms with Gasteiger partial charge in [-0.05, 0) is 89.6 Å². The third-order valence-corrected chi connectivity index (χ3v) is 9.22. The maximum Gasteiger partial charge on any atom is 0.213 e. The lowest BCUT2D eigenvalue weighted by Crippen LogP contribution is -2.21. The minimum absolute atomic E-state index is 0.00405. The van der Waals surface area contributed by atoms with Gasteiger partial charge in [0.05, 0.1) is 12.7 Å². The quantitative estimate of drug-likeness (QED) is 0.221. The fourth-order valence-electron chi connectivity index (χ4n) is 5.43. The topological polar surface area (TPSA) is 77.9 Å². The number of phenols is 1. The lowest BCUT2D eigenvalue weighted by atomic mass is 9.81. The number of ether oxygens (including phenoxy) is 2. The van der Waals surface area contributed by atoms with Crippen LogP contribution >= 0.6 is 7.37 Å². The Morgan fingerprint density at radius 3 is 2.50 bits per heavy atom. The molecule has 0 amide bonds. The van der Waals surface area contributed by atoms with Crippen molar-refractivity contribution in [2.24, 2.45) is 11.3 Å². The first-order valence-corrected chi connectivity index (χ1v) is 16.1. The molecule has 216 valence electrons. The molecule has 6 nitrogen and oxygen atoms in total. The highest BCUT2D eigenvalue weighted by Gasteiger charge is 2.36. The monoisotopic (exact) mass is 569 g/mol. The molecular formula is C32H41FNO5P. The van der Waals surface area contributed by atoms with Crippen LogP contribution < -0.4 is 4.74 Å². The molecule has 2 aromatic carbocycles. The predicted molar refractivity (Wildman–Crippen MR) is 157 cm³/mol. The molecule has 3 aromatic rings. The summed E-state index contributed by atoms with van der Waals surface area (Å²) in [5.74, 6) is 0.717. The fourth-order valence-corrected chi connectivity index (χ4v) is 7.31. The van der Waals surface area contributed by atoms with E-state index in [1.807, 2.05) is 37.3 Å². The standard InChI is InChI=1S/C32H41FNO5P/c1-7-39-40(6,36)20-28(22-9-10-22)23-14-15-34-30(17-23)38-19-21-8-12-25(26-18-24(35)11-13-29(26)33)27(16-21)31(37-5)32(2,3)4/h8,11-18,22,28,31,35H,7,9-10,19-20H2,1-6H3/t28?,31-,40?/m1/s1. The van der Waals surface area contributed by atoms with E-state index >= 15 is 0 Å². The van der Waals surface area contributed by atoms with E-state index in [1.165, 1.54) is 18.2 Å². The zero-order valence-corrected chi connectivity index (χ0v) is 25.2. The SMILES string of the molecule is CCOP(C)(=O)CC(c1ccnc(OCc2ccc(-c3cc(O)ccc3F)c([C@@H](OC)C(C)(C)C)c2)c1)C1CC1. The van der Waals surface area contributed by atoms with Crippen LogP contribution in [-0.4, -0.2) is 36.6 Å². The summed E-state index contributed by atoms with van der Waals surface area (Å²) in [7, 11) is -1.04. The van der Waals surface area contributed by atoms with Gasteiger partial charge in [-0.25, -0.2) is 9.37 Å². The Morgan fingerprint density at radius 1 is 1.10 bits per heavy atom. The second-order valence-electron chi connectivity index (χ2n) is 11.8. The summed E-state index contributed by atoms with van der Waals surface area (Å²) in [4.78, 5) is 4.42. The molecule has 3 atom stereocenters. The molecule has 40 heavy (non-hydrogen) atoms. The number of aromatic nitrogens is 1. The van der Waals surface area contributed by atoms with Crippen LogP contribution in [0.15, 0.2) is 54.7 Å². The summed E-state index contributed by atoms with van der Waals surface area (Å²) in [6, 6.07) is 13.7. The van der Waals surface area contributed by atoms with Gasteiger partial charge >= 0.3 is 0 Å². The van der Waals surface area contributed by atoms with Crippen molar-refractivity contribution >= 4 is 7.37 Å². The van der Waals surface area contributed by atoms with Crippen LogP contribution in [0.25, 0.3) is 11.1 Å². The molecule has 8 heteroatoms. The van der Waals surface area contributed by atoms with Gasteiger partial charge in [0.1, 0.15) is 18.2 Å². The van der Waals surface area contributed by atoms with E-state index in [2.05, 4.69) is 25.8 Å². The van der Waals surface area contributed by atoms with E-state index < -0.39 is 13.2 Å². The van der Waals surface area contributed by atoms with Crippen LogP contribution in [0.4, 0.5) is 4.39 Å². The predicted octanol–water partition coefficient (Wildman–Crippen LogP) is 8.34. The Hall–Kier alpha value is -2.73. The number of rotatable bonds is 12. The first kappa shape index (κ1) is 30.2. The minimum Gasteiger partial charge on any atom is -0.508 e. The van der Waals surface area contributed by atoms with E-state index in [0.717, 1.165) is 29.5 Å². The van der Waals surface area contributed by atoms with E-state index in [9.17, 15) is 14.1 Å². The highest BCUT2D eigenvalue weighted by atomic mass is 31.2. The number of hydrogen-bond donors (Lipinski definition) is 1. The van der Waals surface area contributed by atoms with Gasteiger partial charge < -0.3 is 19.1 Å². The van der Waals surface area contributed by atoms with Crippen molar-refractivity contribution in [2.45, 2.75) is 59.2 Å². The lowest BCUT2D eigenvalue weighted by Gasteiger charge is -2.32. The second-order valence-corrected chi connectivity index (χ2v) is 14.5. The molecule has 1 saturated carbocycles. The molecular weight excluding hydrogens is 528 g/mol. The molecule has 0 radical (unpaired) electrons. The molecule has 2 unspecified atom stereocenters. The third kappa shape index (κ3) is 7.51. The van der Waals surface area contributed by atoms with Crippen molar-refractivity contribution in [3.63, 3.8) is 0 Å². The molecule has 0 saturated heterocycles. The van der Waals surface area contributed by atoms with Crippen molar-refractivity contribution in [3.8, 4) is 22.8 Å². The van der Waals surface area contributed by atoms with Crippen LogP contribution in [-0.2, 0) is 20.4 Å². The summed E-state index contributed by atoms with van der Waals surface area (Å²) >= 11 is 0. The molecule has 0 spiro atoms. The summed E-state index contributed by atoms with van der Waals surface area (Å²) in [5.41, 5.74) is 3.46. The molecule has 1 aliphatic carbocycles. The molecule has 1 N–H and O–H groups in total. The Kier molecular flexibility index (Phi) is 9.39. The minimum atomic E-state index is -2.69. The van der Waals surface area contributed by atoms with E-state index in [4.69, 9.17) is 14.0 Å². The van der Waals surface area contributed by atoms with Crippen LogP contribution in [0, 0.1) is 17.2 Å². The van der Waals surface area contributed by atoms with Crippen LogP contribution in [0.5, 0.6) is 11.6 Å². The van der Waals surface area contributed by atoms with Gasteiger partial charge in [0, 0.05) is 37.8 Å². The number of benzene rings is 2. The summed E-state index contributed by atoms with van der Waals surface area (Å²) < 4.78 is 45.4. The number of halogens is 1. The van der Waals surface area contributed by atoms with Gasteiger partial charge in [-0.1, -0.05) is 32.9 Å². The van der Waals surface area contributed by atoms with Gasteiger partial charge in [-0.15, -0.1) is 0 Å². The van der Waals surface area contributed by atoms with Crippen molar-refractivity contribution < 1.29 is 28.1 Å². The zero-order valence-electron chi connectivity index (χ0n) is 24.3. The summed E-state index contributed by atoms with van der Waals surface area (Å²) in [5, 5.41) is 10.1. The largest absolute Gasteiger partial charge is 0.508 e. The number of methoxy groups -OCH3 is 1. The van der Waals surface area contributed by atoms with Crippen LogP contribution in [0.1, 0.15) is 69.2 Å². The number of hydrogen-bond acceptors (Lipinski definition) is 6. The van der Waals surface area contributed by atoms with E-state index in [-0.39, 0.29) is 29.8 Å². The smallest absolute Gasteiger partial charge is 0.213 e. The van der Waals surface area contributed by atoms with Crippen molar-refractivity contribution in [1.82, 2.24) is 4.98 Å². The molecule has 1 fully saturated rings. The molecule has 1 aromatic heterocycles. The molecule has 0 aliphatic heterocycles. The molecule has 0 bridgehead atoms. The average Bonchev–Trinajstić information content (AvgIpc) is 3.73. The highest BCUT2D eigenvalue weighted by Crippen LogP contribution is 2.53. The first-order valence-electron chi connectivity index (χ1n) is 13.9. The molecule has 1 aliphatic rings. The normalized spacial score (nSPS) is 16.8. The summed E-state index contributed by atoms with van der Waals surface area (Å²) in [6.45, 7) is 10.5.